The zero-order chi connectivity index (χ0) is 11.1. The van der Waals surface area contributed by atoms with Gasteiger partial charge in [0.15, 0.2) is 0 Å². The first kappa shape index (κ1) is 11.5. The number of rotatable bonds is 5. The van der Waals surface area contributed by atoms with Crippen molar-refractivity contribution >= 4 is 23.3 Å². The predicted octanol–water partition coefficient (Wildman–Crippen LogP) is 1.40. The third-order valence-corrected chi connectivity index (χ3v) is 1.37. The van der Waals surface area contributed by atoms with Crippen LogP contribution in [-0.2, 0) is 0 Å². The second-order valence-electron chi connectivity index (χ2n) is 2.27. The summed E-state index contributed by atoms with van der Waals surface area (Å²) in [5.74, 6) is 0.131. The summed E-state index contributed by atoms with van der Waals surface area (Å²) in [6.45, 7) is 4.56. The molecule has 0 saturated carbocycles. The average Bonchev–Trinajstić information content (AvgIpc) is 2.19. The first-order valence-corrected chi connectivity index (χ1v) is 4.80. The molecule has 1 aromatic rings. The molecule has 15 heavy (non-hydrogen) atoms. The molecule has 0 aromatic carbocycles. The Hall–Kier alpha value is -1.59. The average molecular weight is 226 g/mol. The lowest BCUT2D eigenvalue weighted by atomic mass is 10.8. The number of nitrogens with zero attached hydrogens (tertiary/aromatic N) is 4. The molecule has 0 radical (unpaired) electrons. The van der Waals surface area contributed by atoms with Crippen molar-refractivity contribution in [2.75, 3.05) is 13.2 Å². The standard InChI is InChI=1S/C8H10N4O2S/c1-3-13-7-10-6(9-5-15)11-8(12-7)14-4-2/h3-4H2,1-2H3. The maximum absolute atomic E-state index is 5.12. The minimum atomic E-state index is 0.131. The minimum Gasteiger partial charge on any atom is -0.464 e. The molecule has 0 saturated heterocycles. The molecule has 0 N–H and O–H groups in total. The highest BCUT2D eigenvalue weighted by molar-refractivity contribution is 7.78. The second-order valence-corrected chi connectivity index (χ2v) is 2.45. The van der Waals surface area contributed by atoms with Gasteiger partial charge in [-0.25, -0.2) is 0 Å². The number of aliphatic imine (C=N–C) groups is 1. The van der Waals surface area contributed by atoms with Gasteiger partial charge in [-0.15, -0.1) is 4.98 Å². The molecule has 0 amide bonds. The summed E-state index contributed by atoms with van der Waals surface area (Å²) in [6.07, 6.45) is 0. The normalized spacial score (nSPS) is 9.20. The number of aromatic nitrogens is 3. The Bertz CT molecular complexity index is 355. The fourth-order valence-corrected chi connectivity index (χ4v) is 0.888. The lowest BCUT2D eigenvalue weighted by Gasteiger charge is -2.03. The van der Waals surface area contributed by atoms with Crippen LogP contribution in [0.15, 0.2) is 4.99 Å². The lowest BCUT2D eigenvalue weighted by Crippen LogP contribution is -2.03. The Balaban J connectivity index is 3.01. The molecule has 80 valence electrons. The van der Waals surface area contributed by atoms with E-state index in [1.54, 1.807) is 0 Å². The van der Waals surface area contributed by atoms with Gasteiger partial charge >= 0.3 is 12.0 Å². The van der Waals surface area contributed by atoms with Gasteiger partial charge in [0.05, 0.1) is 18.4 Å². The van der Waals surface area contributed by atoms with Crippen LogP contribution < -0.4 is 9.47 Å². The molecule has 0 fully saturated rings. The molecule has 1 heterocycles. The summed E-state index contributed by atoms with van der Waals surface area (Å²) in [6, 6.07) is 0.333. The maximum atomic E-state index is 5.12. The van der Waals surface area contributed by atoms with Crippen LogP contribution in [-0.4, -0.2) is 33.3 Å². The molecule has 7 heteroatoms. The Morgan fingerprint density at radius 1 is 1.13 bits per heavy atom. The third-order valence-electron chi connectivity index (χ3n) is 1.28. The largest absolute Gasteiger partial charge is 0.464 e. The molecule has 0 aliphatic rings. The van der Waals surface area contributed by atoms with E-state index >= 15 is 0 Å². The fraction of sp³-hybridized carbons (Fsp3) is 0.500. The Morgan fingerprint density at radius 3 is 2.07 bits per heavy atom. The molecular weight excluding hydrogens is 216 g/mol. The van der Waals surface area contributed by atoms with Gasteiger partial charge in [-0.05, 0) is 26.1 Å². The summed E-state index contributed by atoms with van der Waals surface area (Å²) in [7, 11) is 0. The summed E-state index contributed by atoms with van der Waals surface area (Å²) < 4.78 is 10.2. The van der Waals surface area contributed by atoms with Gasteiger partial charge in [0, 0.05) is 0 Å². The summed E-state index contributed by atoms with van der Waals surface area (Å²) in [4.78, 5) is 15.3. The first-order chi connectivity index (χ1) is 7.30. The van der Waals surface area contributed by atoms with Gasteiger partial charge < -0.3 is 9.47 Å². The molecule has 0 unspecified atom stereocenters. The van der Waals surface area contributed by atoms with Crippen molar-refractivity contribution < 1.29 is 9.47 Å². The van der Waals surface area contributed by atoms with Crippen LogP contribution in [0, 0.1) is 0 Å². The van der Waals surface area contributed by atoms with Crippen molar-refractivity contribution in [3.63, 3.8) is 0 Å². The van der Waals surface area contributed by atoms with Crippen molar-refractivity contribution in [1.29, 1.82) is 0 Å². The number of hydrogen-bond donors (Lipinski definition) is 0. The van der Waals surface area contributed by atoms with E-state index in [4.69, 9.17) is 9.47 Å². The summed E-state index contributed by atoms with van der Waals surface area (Å²) >= 11 is 4.45. The van der Waals surface area contributed by atoms with E-state index in [9.17, 15) is 0 Å². The van der Waals surface area contributed by atoms with Gasteiger partial charge in [-0.2, -0.15) is 15.0 Å². The van der Waals surface area contributed by atoms with Crippen molar-refractivity contribution in [2.24, 2.45) is 4.99 Å². The van der Waals surface area contributed by atoms with Crippen molar-refractivity contribution in [3.8, 4) is 12.0 Å². The van der Waals surface area contributed by atoms with E-state index in [-0.39, 0.29) is 18.0 Å². The highest BCUT2D eigenvalue weighted by Gasteiger charge is 2.06. The van der Waals surface area contributed by atoms with E-state index in [0.717, 1.165) is 0 Å². The molecule has 0 spiro atoms. The van der Waals surface area contributed by atoms with E-state index in [0.29, 0.717) is 13.2 Å². The van der Waals surface area contributed by atoms with Crippen LogP contribution in [0.3, 0.4) is 0 Å². The SMILES string of the molecule is CCOc1nc(N=C=S)nc(OCC)n1. The summed E-state index contributed by atoms with van der Waals surface area (Å²) in [5.41, 5.74) is 0. The Morgan fingerprint density at radius 2 is 1.67 bits per heavy atom. The van der Waals surface area contributed by atoms with Crippen molar-refractivity contribution in [1.82, 2.24) is 15.0 Å². The van der Waals surface area contributed by atoms with Gasteiger partial charge in [-0.3, -0.25) is 0 Å². The molecule has 0 aliphatic heterocycles. The molecule has 0 aliphatic carbocycles. The maximum Gasteiger partial charge on any atom is 0.324 e. The van der Waals surface area contributed by atoms with E-state index in [1.165, 1.54) is 0 Å². The second kappa shape index (κ2) is 6.00. The Kier molecular flexibility index (Phi) is 4.59. The monoisotopic (exact) mass is 226 g/mol. The van der Waals surface area contributed by atoms with E-state index in [2.05, 4.69) is 37.3 Å². The van der Waals surface area contributed by atoms with E-state index in [1.807, 2.05) is 13.8 Å². The molecular formula is C8H10N4O2S. The predicted molar refractivity (Wildman–Crippen MR) is 56.9 cm³/mol. The van der Waals surface area contributed by atoms with E-state index < -0.39 is 0 Å². The molecule has 1 aromatic heterocycles. The molecule has 6 nitrogen and oxygen atoms in total. The van der Waals surface area contributed by atoms with Gasteiger partial charge in [0.2, 0.25) is 0 Å². The number of hydrogen-bond acceptors (Lipinski definition) is 7. The van der Waals surface area contributed by atoms with Crippen molar-refractivity contribution in [3.05, 3.63) is 0 Å². The molecule has 1 rings (SSSR count). The fourth-order valence-electron chi connectivity index (χ4n) is 0.806. The lowest BCUT2D eigenvalue weighted by molar-refractivity contribution is 0.280. The Labute approximate surface area is 92.4 Å². The number of thiocarbonyl (C=S) groups is 1. The first-order valence-electron chi connectivity index (χ1n) is 4.39. The van der Waals surface area contributed by atoms with Crippen molar-refractivity contribution in [2.45, 2.75) is 13.8 Å². The minimum absolute atomic E-state index is 0.131. The smallest absolute Gasteiger partial charge is 0.324 e. The van der Waals surface area contributed by atoms with Crippen LogP contribution in [0.2, 0.25) is 0 Å². The van der Waals surface area contributed by atoms with Crippen LogP contribution in [0.4, 0.5) is 5.95 Å². The van der Waals surface area contributed by atoms with Crippen LogP contribution in [0.5, 0.6) is 12.0 Å². The van der Waals surface area contributed by atoms with Gasteiger partial charge in [0.25, 0.3) is 5.95 Å². The quantitative estimate of drug-likeness (QED) is 0.558. The highest BCUT2D eigenvalue weighted by atomic mass is 32.1. The number of ether oxygens (including phenoxy) is 2. The van der Waals surface area contributed by atoms with Crippen LogP contribution in [0.1, 0.15) is 13.8 Å². The zero-order valence-corrected chi connectivity index (χ0v) is 9.24. The molecule has 0 bridgehead atoms. The number of isothiocyanates is 1. The molecule has 0 atom stereocenters. The third kappa shape index (κ3) is 3.57. The highest BCUT2D eigenvalue weighted by Crippen LogP contribution is 2.14. The topological polar surface area (TPSA) is 69.5 Å². The van der Waals surface area contributed by atoms with Crippen LogP contribution in [0.25, 0.3) is 0 Å². The van der Waals surface area contributed by atoms with Crippen LogP contribution >= 0.6 is 12.2 Å². The summed E-state index contributed by atoms with van der Waals surface area (Å²) in [5, 5.41) is 2.17. The van der Waals surface area contributed by atoms with Gasteiger partial charge in [-0.1, -0.05) is 0 Å². The van der Waals surface area contributed by atoms with Gasteiger partial charge in [0.1, 0.15) is 0 Å². The zero-order valence-electron chi connectivity index (χ0n) is 8.43.